The summed E-state index contributed by atoms with van der Waals surface area (Å²) in [4.78, 5) is 23.0. The third-order valence-electron chi connectivity index (χ3n) is 3.63. The Morgan fingerprint density at radius 2 is 1.73 bits per heavy atom. The third-order valence-corrected chi connectivity index (χ3v) is 5.02. The molecule has 0 saturated heterocycles. The van der Waals surface area contributed by atoms with E-state index in [0.717, 1.165) is 11.6 Å². The Hall–Kier alpha value is -2.93. The first-order valence-corrected chi connectivity index (χ1v) is 9.22. The molecule has 0 fully saturated rings. The van der Waals surface area contributed by atoms with E-state index in [1.807, 2.05) is 6.92 Å². The average molecular weight is 373 g/mol. The maximum atomic E-state index is 12.6. The zero-order chi connectivity index (χ0) is 19.3. The van der Waals surface area contributed by atoms with Crippen molar-refractivity contribution in [3.63, 3.8) is 0 Å². The van der Waals surface area contributed by atoms with Gasteiger partial charge in [0, 0.05) is 11.6 Å². The van der Waals surface area contributed by atoms with Gasteiger partial charge in [0.1, 0.15) is 0 Å². The molecule has 0 aliphatic heterocycles. The molecule has 7 heteroatoms. The van der Waals surface area contributed by atoms with Gasteiger partial charge in [-0.05, 0) is 55.8 Å². The second-order valence-electron chi connectivity index (χ2n) is 5.63. The number of carbonyl (C=O) groups excluding carboxylic acids is 2. The van der Waals surface area contributed by atoms with Crippen LogP contribution in [-0.2, 0) is 19.6 Å². The Bertz CT molecular complexity index is 960. The molecule has 0 saturated carbocycles. The lowest BCUT2D eigenvalue weighted by Gasteiger charge is -2.12. The van der Waals surface area contributed by atoms with E-state index in [0.29, 0.717) is 11.1 Å². The first-order valence-electron chi connectivity index (χ1n) is 7.73. The lowest BCUT2D eigenvalue weighted by molar-refractivity contribution is -0.134. The highest BCUT2D eigenvalue weighted by atomic mass is 32.2. The minimum atomic E-state index is -3.81. The van der Waals surface area contributed by atoms with Crippen molar-refractivity contribution in [2.45, 2.75) is 18.7 Å². The van der Waals surface area contributed by atoms with Crippen molar-refractivity contribution < 1.29 is 22.7 Å². The fourth-order valence-corrected chi connectivity index (χ4v) is 3.25. The number of sulfonamides is 1. The quantitative estimate of drug-likeness (QED) is 0.477. The first kappa shape index (κ1) is 19.4. The van der Waals surface area contributed by atoms with Crippen LogP contribution in [0.2, 0.25) is 0 Å². The van der Waals surface area contributed by atoms with Crippen molar-refractivity contribution in [2.75, 3.05) is 11.8 Å². The van der Waals surface area contributed by atoms with E-state index in [2.05, 4.69) is 9.46 Å². The molecule has 0 unspecified atom stereocenters. The highest BCUT2D eigenvalue weighted by molar-refractivity contribution is 7.92. The minimum Gasteiger partial charge on any atom is -0.466 e. The molecule has 0 aromatic heterocycles. The molecule has 136 valence electrons. The summed E-state index contributed by atoms with van der Waals surface area (Å²) in [5.74, 6) is -0.767. The minimum absolute atomic E-state index is 0.113. The van der Waals surface area contributed by atoms with Crippen LogP contribution in [0, 0.1) is 6.92 Å². The number of ketones is 1. The van der Waals surface area contributed by atoms with Gasteiger partial charge in [0.15, 0.2) is 5.78 Å². The molecule has 0 spiro atoms. The first-order chi connectivity index (χ1) is 12.2. The monoisotopic (exact) mass is 373 g/mol. The van der Waals surface area contributed by atoms with Gasteiger partial charge in [-0.1, -0.05) is 17.7 Å². The number of esters is 1. The van der Waals surface area contributed by atoms with Crippen LogP contribution in [0.4, 0.5) is 5.69 Å². The number of rotatable bonds is 6. The van der Waals surface area contributed by atoms with Crippen LogP contribution < -0.4 is 4.72 Å². The number of nitrogens with one attached hydrogen (secondary N) is 1. The van der Waals surface area contributed by atoms with Crippen molar-refractivity contribution >= 4 is 33.5 Å². The molecule has 0 atom stereocenters. The standard InChI is InChI=1S/C19H19NO5S/c1-13-4-8-17(9-5-13)26(23,24)20-18-10-6-15(14(2)21)12-16(18)7-11-19(22)25-3/h4-12,20H,1-3H3. The zero-order valence-electron chi connectivity index (χ0n) is 14.6. The number of ether oxygens (including phenoxy) is 1. The van der Waals surface area contributed by atoms with Crippen LogP contribution in [0.1, 0.15) is 28.4 Å². The summed E-state index contributed by atoms with van der Waals surface area (Å²) in [5.41, 5.74) is 1.96. The fourth-order valence-electron chi connectivity index (χ4n) is 2.16. The van der Waals surface area contributed by atoms with E-state index in [4.69, 9.17) is 0 Å². The third kappa shape index (κ3) is 4.80. The molecule has 2 aromatic rings. The van der Waals surface area contributed by atoms with Gasteiger partial charge in [-0.25, -0.2) is 13.2 Å². The number of Topliss-reactive ketones (excluding diaryl/α,β-unsaturated/α-hetero) is 1. The second-order valence-corrected chi connectivity index (χ2v) is 7.32. The predicted octanol–water partition coefficient (Wildman–Crippen LogP) is 3.18. The summed E-state index contributed by atoms with van der Waals surface area (Å²) < 4.78 is 32.2. The highest BCUT2D eigenvalue weighted by Crippen LogP contribution is 2.23. The predicted molar refractivity (Wildman–Crippen MR) is 99.5 cm³/mol. The second kappa shape index (κ2) is 7.97. The molecule has 0 amide bonds. The number of aryl methyl sites for hydroxylation is 1. The van der Waals surface area contributed by atoms with E-state index < -0.39 is 16.0 Å². The van der Waals surface area contributed by atoms with E-state index in [1.165, 1.54) is 50.4 Å². The maximum absolute atomic E-state index is 12.6. The van der Waals surface area contributed by atoms with Crippen molar-refractivity contribution in [1.29, 1.82) is 0 Å². The van der Waals surface area contributed by atoms with Crippen molar-refractivity contribution in [3.05, 3.63) is 65.2 Å². The Balaban J connectivity index is 2.44. The van der Waals surface area contributed by atoms with Crippen LogP contribution in [0.15, 0.2) is 53.4 Å². The lowest BCUT2D eigenvalue weighted by Crippen LogP contribution is -2.14. The van der Waals surface area contributed by atoms with Crippen LogP contribution >= 0.6 is 0 Å². The SMILES string of the molecule is COC(=O)C=Cc1cc(C(C)=O)ccc1NS(=O)(=O)c1ccc(C)cc1. The summed E-state index contributed by atoms with van der Waals surface area (Å²) >= 11 is 0. The maximum Gasteiger partial charge on any atom is 0.330 e. The van der Waals surface area contributed by atoms with E-state index in [1.54, 1.807) is 12.1 Å². The molecular weight excluding hydrogens is 354 g/mol. The molecule has 2 aromatic carbocycles. The van der Waals surface area contributed by atoms with Gasteiger partial charge >= 0.3 is 5.97 Å². The molecular formula is C19H19NO5S. The number of benzene rings is 2. The number of methoxy groups -OCH3 is 1. The molecule has 0 bridgehead atoms. The van der Waals surface area contributed by atoms with Crippen LogP contribution in [-0.4, -0.2) is 27.3 Å². The fraction of sp³-hybridized carbons (Fsp3) is 0.158. The molecule has 0 radical (unpaired) electrons. The van der Waals surface area contributed by atoms with Gasteiger partial charge in [0.2, 0.25) is 0 Å². The Kier molecular flexibility index (Phi) is 5.94. The normalized spacial score (nSPS) is 11.3. The smallest absolute Gasteiger partial charge is 0.330 e. The van der Waals surface area contributed by atoms with Gasteiger partial charge in [-0.3, -0.25) is 9.52 Å². The van der Waals surface area contributed by atoms with Crippen molar-refractivity contribution in [2.24, 2.45) is 0 Å². The summed E-state index contributed by atoms with van der Waals surface area (Å²) in [6.07, 6.45) is 2.55. The van der Waals surface area contributed by atoms with Crippen LogP contribution in [0.5, 0.6) is 0 Å². The van der Waals surface area contributed by atoms with E-state index in [9.17, 15) is 18.0 Å². The van der Waals surface area contributed by atoms with E-state index in [-0.39, 0.29) is 16.4 Å². The summed E-state index contributed by atoms with van der Waals surface area (Å²) in [7, 11) is -2.58. The van der Waals surface area contributed by atoms with Crippen LogP contribution in [0.3, 0.4) is 0 Å². The Morgan fingerprint density at radius 3 is 2.31 bits per heavy atom. The summed E-state index contributed by atoms with van der Waals surface area (Å²) in [5, 5.41) is 0. The molecule has 0 heterocycles. The molecule has 26 heavy (non-hydrogen) atoms. The summed E-state index contributed by atoms with van der Waals surface area (Å²) in [6.45, 7) is 3.26. The van der Waals surface area contributed by atoms with Crippen LogP contribution in [0.25, 0.3) is 6.08 Å². The summed E-state index contributed by atoms with van der Waals surface area (Å²) in [6, 6.07) is 10.9. The van der Waals surface area contributed by atoms with E-state index >= 15 is 0 Å². The van der Waals surface area contributed by atoms with Gasteiger partial charge in [0.05, 0.1) is 17.7 Å². The number of anilines is 1. The van der Waals surface area contributed by atoms with Gasteiger partial charge in [0.25, 0.3) is 10.0 Å². The molecule has 0 aliphatic rings. The molecule has 6 nitrogen and oxygen atoms in total. The lowest BCUT2D eigenvalue weighted by atomic mass is 10.1. The largest absolute Gasteiger partial charge is 0.466 e. The molecule has 2 rings (SSSR count). The number of carbonyl (C=O) groups is 2. The van der Waals surface area contributed by atoms with Gasteiger partial charge in [-0.2, -0.15) is 0 Å². The van der Waals surface area contributed by atoms with Crippen molar-refractivity contribution in [1.82, 2.24) is 0 Å². The number of hydrogen-bond acceptors (Lipinski definition) is 5. The molecule has 1 N–H and O–H groups in total. The topological polar surface area (TPSA) is 89.5 Å². The molecule has 0 aliphatic carbocycles. The van der Waals surface area contributed by atoms with Crippen molar-refractivity contribution in [3.8, 4) is 0 Å². The Labute approximate surface area is 152 Å². The van der Waals surface area contributed by atoms with Gasteiger partial charge in [-0.15, -0.1) is 0 Å². The number of hydrogen-bond donors (Lipinski definition) is 1. The Morgan fingerprint density at radius 1 is 1.08 bits per heavy atom. The highest BCUT2D eigenvalue weighted by Gasteiger charge is 2.16. The van der Waals surface area contributed by atoms with Gasteiger partial charge < -0.3 is 4.74 Å². The zero-order valence-corrected chi connectivity index (χ0v) is 15.5. The average Bonchev–Trinajstić information content (AvgIpc) is 2.60.